The fraction of sp³-hybridized carbons (Fsp3) is 0.429. The first-order chi connectivity index (χ1) is 5.15. The molecule has 0 spiro atoms. The van der Waals surface area contributed by atoms with Crippen LogP contribution in [0, 0.1) is 6.92 Å². The lowest BCUT2D eigenvalue weighted by molar-refractivity contribution is 0.102. The van der Waals surface area contributed by atoms with Crippen molar-refractivity contribution in [3.05, 3.63) is 15.6 Å². The summed E-state index contributed by atoms with van der Waals surface area (Å²) in [7, 11) is 0. The summed E-state index contributed by atoms with van der Waals surface area (Å²) in [5, 5.41) is 0.827. The predicted molar refractivity (Wildman–Crippen MR) is 44.7 cm³/mol. The molecule has 0 atom stereocenters. The molecule has 1 rings (SSSR count). The molecule has 2 N–H and O–H groups in total. The van der Waals surface area contributed by atoms with E-state index in [1.807, 2.05) is 6.92 Å². The second-order valence-electron chi connectivity index (χ2n) is 2.28. The van der Waals surface area contributed by atoms with Crippen molar-refractivity contribution in [2.24, 2.45) is 5.73 Å². The van der Waals surface area contributed by atoms with E-state index in [4.69, 9.17) is 5.73 Å². The van der Waals surface area contributed by atoms with Crippen LogP contribution in [0.5, 0.6) is 0 Å². The van der Waals surface area contributed by atoms with E-state index in [-0.39, 0.29) is 5.78 Å². The SMILES string of the molecule is CC(=O)c1sc(CN)nc1C. The van der Waals surface area contributed by atoms with Gasteiger partial charge in [-0.25, -0.2) is 4.98 Å². The Morgan fingerprint density at radius 3 is 2.64 bits per heavy atom. The monoisotopic (exact) mass is 170 g/mol. The Labute approximate surface area is 69.3 Å². The van der Waals surface area contributed by atoms with Gasteiger partial charge in [-0.1, -0.05) is 0 Å². The molecule has 1 aromatic heterocycles. The number of carbonyl (C=O) groups excluding carboxylic acids is 1. The van der Waals surface area contributed by atoms with Crippen molar-refractivity contribution in [2.45, 2.75) is 20.4 Å². The summed E-state index contributed by atoms with van der Waals surface area (Å²) in [5.74, 6) is 0.0692. The molecule has 3 nitrogen and oxygen atoms in total. The smallest absolute Gasteiger partial charge is 0.171 e. The molecule has 0 saturated heterocycles. The largest absolute Gasteiger partial charge is 0.325 e. The van der Waals surface area contributed by atoms with Gasteiger partial charge in [0.2, 0.25) is 0 Å². The molecule has 0 aliphatic carbocycles. The van der Waals surface area contributed by atoms with Crippen LogP contribution < -0.4 is 5.73 Å². The zero-order valence-corrected chi connectivity index (χ0v) is 7.36. The lowest BCUT2D eigenvalue weighted by atomic mass is 10.3. The highest BCUT2D eigenvalue weighted by Crippen LogP contribution is 2.17. The van der Waals surface area contributed by atoms with E-state index in [2.05, 4.69) is 4.98 Å². The van der Waals surface area contributed by atoms with Crippen LogP contribution in [0.15, 0.2) is 0 Å². The van der Waals surface area contributed by atoms with Crippen molar-refractivity contribution in [2.75, 3.05) is 0 Å². The highest BCUT2D eigenvalue weighted by Gasteiger charge is 2.09. The number of nitrogens with two attached hydrogens (primary N) is 1. The molecule has 60 valence electrons. The first-order valence-electron chi connectivity index (χ1n) is 3.32. The first kappa shape index (κ1) is 8.36. The minimum atomic E-state index is 0.0692. The van der Waals surface area contributed by atoms with Gasteiger partial charge in [0.1, 0.15) is 5.01 Å². The molecule has 11 heavy (non-hydrogen) atoms. The summed E-state index contributed by atoms with van der Waals surface area (Å²) in [6.45, 7) is 3.78. The molecule has 0 aliphatic rings. The Hall–Kier alpha value is -0.740. The third kappa shape index (κ3) is 1.64. The number of carbonyl (C=O) groups is 1. The van der Waals surface area contributed by atoms with E-state index in [0.29, 0.717) is 6.54 Å². The van der Waals surface area contributed by atoms with Gasteiger partial charge in [0, 0.05) is 13.5 Å². The number of nitrogens with zero attached hydrogens (tertiary/aromatic N) is 1. The minimum Gasteiger partial charge on any atom is -0.325 e. The number of hydrogen-bond acceptors (Lipinski definition) is 4. The van der Waals surface area contributed by atoms with E-state index in [0.717, 1.165) is 15.6 Å². The van der Waals surface area contributed by atoms with Crippen molar-refractivity contribution in [1.82, 2.24) is 4.98 Å². The molecule has 4 heteroatoms. The van der Waals surface area contributed by atoms with Crippen LogP contribution in [0.4, 0.5) is 0 Å². The number of aromatic nitrogens is 1. The summed E-state index contributed by atoms with van der Waals surface area (Å²) in [4.78, 5) is 15.8. The Kier molecular flexibility index (Phi) is 2.36. The van der Waals surface area contributed by atoms with Crippen LogP contribution in [-0.4, -0.2) is 10.8 Å². The molecule has 0 fully saturated rings. The van der Waals surface area contributed by atoms with Crippen LogP contribution in [0.2, 0.25) is 0 Å². The lowest BCUT2D eigenvalue weighted by Crippen LogP contribution is -1.94. The van der Waals surface area contributed by atoms with Crippen molar-refractivity contribution >= 4 is 17.1 Å². The normalized spacial score (nSPS) is 10.1. The zero-order valence-electron chi connectivity index (χ0n) is 6.55. The van der Waals surface area contributed by atoms with Crippen molar-refractivity contribution in [1.29, 1.82) is 0 Å². The Morgan fingerprint density at radius 1 is 1.73 bits per heavy atom. The molecule has 0 aromatic carbocycles. The molecule has 1 aromatic rings. The molecule has 1 heterocycles. The Morgan fingerprint density at radius 2 is 2.36 bits per heavy atom. The van der Waals surface area contributed by atoms with E-state index in [1.54, 1.807) is 6.92 Å². The molecular weight excluding hydrogens is 160 g/mol. The van der Waals surface area contributed by atoms with Crippen LogP contribution >= 0.6 is 11.3 Å². The maximum absolute atomic E-state index is 10.9. The maximum atomic E-state index is 10.9. The number of rotatable bonds is 2. The van der Waals surface area contributed by atoms with Gasteiger partial charge in [-0.05, 0) is 6.92 Å². The third-order valence-electron chi connectivity index (χ3n) is 1.34. The number of hydrogen-bond donors (Lipinski definition) is 1. The van der Waals surface area contributed by atoms with Gasteiger partial charge in [-0.2, -0.15) is 0 Å². The summed E-state index contributed by atoms with van der Waals surface area (Å²) in [6, 6.07) is 0. The van der Waals surface area contributed by atoms with Gasteiger partial charge in [0.25, 0.3) is 0 Å². The van der Waals surface area contributed by atoms with Gasteiger partial charge in [0.15, 0.2) is 5.78 Å². The standard InChI is InChI=1S/C7H10N2OS/c1-4-7(5(2)10)11-6(3-8)9-4/h3,8H2,1-2H3. The van der Waals surface area contributed by atoms with E-state index < -0.39 is 0 Å². The topological polar surface area (TPSA) is 56.0 Å². The van der Waals surface area contributed by atoms with Gasteiger partial charge >= 0.3 is 0 Å². The number of thiazole rings is 1. The molecule has 0 saturated carbocycles. The maximum Gasteiger partial charge on any atom is 0.171 e. The number of Topliss-reactive ketones (excluding diaryl/α,β-unsaturated/α-hetero) is 1. The highest BCUT2D eigenvalue weighted by atomic mass is 32.1. The van der Waals surface area contributed by atoms with Gasteiger partial charge in [-0.15, -0.1) is 11.3 Å². The number of aryl methyl sites for hydroxylation is 1. The molecular formula is C7H10N2OS. The summed E-state index contributed by atoms with van der Waals surface area (Å²) >= 11 is 1.38. The molecule has 0 aliphatic heterocycles. The van der Waals surface area contributed by atoms with E-state index >= 15 is 0 Å². The van der Waals surface area contributed by atoms with E-state index in [9.17, 15) is 4.79 Å². The number of ketones is 1. The highest BCUT2D eigenvalue weighted by molar-refractivity contribution is 7.13. The molecule has 0 bridgehead atoms. The average molecular weight is 170 g/mol. The van der Waals surface area contributed by atoms with Crippen LogP contribution in [0.25, 0.3) is 0 Å². The summed E-state index contributed by atoms with van der Waals surface area (Å²) in [5.41, 5.74) is 6.16. The van der Waals surface area contributed by atoms with Crippen LogP contribution in [-0.2, 0) is 6.54 Å². The van der Waals surface area contributed by atoms with E-state index in [1.165, 1.54) is 11.3 Å². The van der Waals surface area contributed by atoms with Gasteiger partial charge < -0.3 is 5.73 Å². The molecule has 0 radical (unpaired) electrons. The van der Waals surface area contributed by atoms with Crippen molar-refractivity contribution in [3.8, 4) is 0 Å². The lowest BCUT2D eigenvalue weighted by Gasteiger charge is -1.85. The Balaban J connectivity index is 3.07. The second kappa shape index (κ2) is 3.11. The molecule has 0 amide bonds. The minimum absolute atomic E-state index is 0.0692. The van der Waals surface area contributed by atoms with Crippen molar-refractivity contribution < 1.29 is 4.79 Å². The summed E-state index contributed by atoms with van der Waals surface area (Å²) < 4.78 is 0. The fourth-order valence-electron chi connectivity index (χ4n) is 0.866. The fourth-order valence-corrected chi connectivity index (χ4v) is 1.70. The van der Waals surface area contributed by atoms with Gasteiger partial charge in [-0.3, -0.25) is 4.79 Å². The summed E-state index contributed by atoms with van der Waals surface area (Å²) in [6.07, 6.45) is 0. The van der Waals surface area contributed by atoms with Crippen LogP contribution in [0.1, 0.15) is 27.3 Å². The Bertz CT molecular complexity index is 280. The van der Waals surface area contributed by atoms with Crippen molar-refractivity contribution in [3.63, 3.8) is 0 Å². The second-order valence-corrected chi connectivity index (χ2v) is 3.37. The zero-order chi connectivity index (χ0) is 8.43. The third-order valence-corrected chi connectivity index (χ3v) is 2.62. The molecule has 0 unspecified atom stereocenters. The average Bonchev–Trinajstić information content (AvgIpc) is 2.30. The predicted octanol–water partition coefficient (Wildman–Crippen LogP) is 1.11. The van der Waals surface area contributed by atoms with Gasteiger partial charge in [0.05, 0.1) is 10.6 Å². The van der Waals surface area contributed by atoms with Crippen LogP contribution in [0.3, 0.4) is 0 Å². The quantitative estimate of drug-likeness (QED) is 0.676. The first-order valence-corrected chi connectivity index (χ1v) is 4.14.